The summed E-state index contributed by atoms with van der Waals surface area (Å²) in [6, 6.07) is 11.5. The largest absolute Gasteiger partial charge is 0.503 e. The van der Waals surface area contributed by atoms with Crippen LogP contribution in [0.2, 0.25) is 0 Å². The first kappa shape index (κ1) is 25.8. The number of benzene rings is 2. The van der Waals surface area contributed by atoms with E-state index in [2.05, 4.69) is 15.9 Å². The van der Waals surface area contributed by atoms with Crippen LogP contribution in [-0.4, -0.2) is 67.0 Å². The molecule has 2 aromatic carbocycles. The summed E-state index contributed by atoms with van der Waals surface area (Å²) >= 11 is 3.42. The summed E-state index contributed by atoms with van der Waals surface area (Å²) in [4.78, 5) is 30.3. The van der Waals surface area contributed by atoms with Crippen molar-refractivity contribution in [2.75, 3.05) is 34.3 Å². The third kappa shape index (κ3) is 4.99. The van der Waals surface area contributed by atoms with Crippen molar-refractivity contribution in [1.29, 1.82) is 0 Å². The second kappa shape index (κ2) is 10.4. The summed E-state index contributed by atoms with van der Waals surface area (Å²) in [6.07, 6.45) is -0.0661. The molecule has 2 heterocycles. The Bertz CT molecular complexity index is 1340. The third-order valence-corrected chi connectivity index (χ3v) is 6.40. The number of aliphatic hydroxyl groups is 1. The van der Waals surface area contributed by atoms with Gasteiger partial charge in [0, 0.05) is 22.9 Å². The Morgan fingerprint density at radius 2 is 1.92 bits per heavy atom. The Morgan fingerprint density at radius 1 is 1.17 bits per heavy atom. The van der Waals surface area contributed by atoms with Gasteiger partial charge in [-0.3, -0.25) is 9.59 Å². The number of halogens is 1. The Hall–Kier alpha value is -3.30. The van der Waals surface area contributed by atoms with Crippen molar-refractivity contribution < 1.29 is 28.6 Å². The number of furan rings is 1. The van der Waals surface area contributed by atoms with Gasteiger partial charge < -0.3 is 28.8 Å². The molecule has 4 rings (SSSR count). The summed E-state index contributed by atoms with van der Waals surface area (Å²) in [5, 5.41) is 11.7. The fraction of sp³-hybridized carbons (Fsp3) is 0.333. The van der Waals surface area contributed by atoms with E-state index in [0.717, 1.165) is 9.86 Å². The molecule has 1 N–H and O–H groups in total. The number of hydrogen-bond acceptors (Lipinski definition) is 7. The first-order chi connectivity index (χ1) is 17.1. The number of amides is 1. The molecule has 1 aliphatic heterocycles. The molecular weight excluding hydrogens is 528 g/mol. The average molecular weight is 557 g/mol. The summed E-state index contributed by atoms with van der Waals surface area (Å²) in [6.45, 7) is 4.67. The number of ether oxygens (including phenoxy) is 2. The highest BCUT2D eigenvalue weighted by molar-refractivity contribution is 9.10. The van der Waals surface area contributed by atoms with Crippen LogP contribution < -0.4 is 9.47 Å². The maximum absolute atomic E-state index is 13.7. The topological polar surface area (TPSA) is 92.5 Å². The fourth-order valence-corrected chi connectivity index (χ4v) is 4.61. The standard InChI is InChI=1S/C27H29BrN2O6/c1-15(2)35-20-8-6-16(13-21(20)34-5)24-23(26(32)27(33)30(24)11-10-29(3)4)25(31)22-14-17-12-18(28)7-9-19(17)36-22/h6-9,12-15,24,32H,10-11H2,1-5H3. The van der Waals surface area contributed by atoms with Gasteiger partial charge in [0.05, 0.1) is 24.8 Å². The van der Waals surface area contributed by atoms with Crippen molar-refractivity contribution in [3.8, 4) is 11.5 Å². The van der Waals surface area contributed by atoms with Gasteiger partial charge in [-0.05, 0) is 69.9 Å². The van der Waals surface area contributed by atoms with Crippen molar-refractivity contribution >= 4 is 38.6 Å². The number of Topliss-reactive ketones (excluding diaryl/α,β-unsaturated/α-hetero) is 1. The smallest absolute Gasteiger partial charge is 0.290 e. The predicted octanol–water partition coefficient (Wildman–Crippen LogP) is 5.13. The van der Waals surface area contributed by atoms with E-state index in [1.54, 1.807) is 30.3 Å². The first-order valence-electron chi connectivity index (χ1n) is 11.6. The monoisotopic (exact) mass is 556 g/mol. The van der Waals surface area contributed by atoms with Crippen molar-refractivity contribution in [2.24, 2.45) is 0 Å². The molecular formula is C27H29BrN2O6. The van der Waals surface area contributed by atoms with Crippen LogP contribution in [0.1, 0.15) is 36.0 Å². The Kier molecular flexibility index (Phi) is 7.42. The second-order valence-corrected chi connectivity index (χ2v) is 10.1. The zero-order valence-electron chi connectivity index (χ0n) is 20.9. The van der Waals surface area contributed by atoms with Gasteiger partial charge in [-0.2, -0.15) is 0 Å². The zero-order valence-corrected chi connectivity index (χ0v) is 22.5. The van der Waals surface area contributed by atoms with Gasteiger partial charge in [0.2, 0.25) is 5.78 Å². The molecule has 1 aliphatic rings. The Balaban J connectivity index is 1.80. The number of likely N-dealkylation sites (N-methyl/N-ethyl adjacent to an activating group) is 1. The number of ketones is 1. The second-order valence-electron chi connectivity index (χ2n) is 9.17. The highest BCUT2D eigenvalue weighted by Crippen LogP contribution is 2.42. The molecule has 3 aromatic rings. The third-order valence-electron chi connectivity index (χ3n) is 5.90. The molecule has 0 aliphatic carbocycles. The molecule has 8 nitrogen and oxygen atoms in total. The molecule has 0 spiro atoms. The SMILES string of the molecule is COc1cc(C2C(C(=O)c3cc4cc(Br)ccc4o3)=C(O)C(=O)N2CCN(C)C)ccc1OC(C)C. The van der Waals surface area contributed by atoms with Crippen molar-refractivity contribution in [1.82, 2.24) is 9.80 Å². The molecule has 1 aromatic heterocycles. The lowest BCUT2D eigenvalue weighted by Gasteiger charge is -2.28. The highest BCUT2D eigenvalue weighted by atomic mass is 79.9. The van der Waals surface area contributed by atoms with Gasteiger partial charge in [0.1, 0.15) is 5.58 Å². The normalized spacial score (nSPS) is 16.1. The lowest BCUT2D eigenvalue weighted by atomic mass is 9.94. The highest BCUT2D eigenvalue weighted by Gasteiger charge is 2.44. The van der Waals surface area contributed by atoms with E-state index in [1.807, 2.05) is 45.0 Å². The van der Waals surface area contributed by atoms with Gasteiger partial charge in [-0.25, -0.2) is 0 Å². The van der Waals surface area contributed by atoms with Gasteiger partial charge in [-0.1, -0.05) is 22.0 Å². The van der Waals surface area contributed by atoms with Crippen LogP contribution in [0.15, 0.2) is 62.7 Å². The molecule has 36 heavy (non-hydrogen) atoms. The van der Waals surface area contributed by atoms with Gasteiger partial charge in [0.15, 0.2) is 23.0 Å². The van der Waals surface area contributed by atoms with E-state index in [-0.39, 0.29) is 17.4 Å². The molecule has 0 saturated carbocycles. The van der Waals surface area contributed by atoms with E-state index in [9.17, 15) is 14.7 Å². The van der Waals surface area contributed by atoms with Gasteiger partial charge in [0.25, 0.3) is 5.91 Å². The van der Waals surface area contributed by atoms with E-state index >= 15 is 0 Å². The molecule has 0 fully saturated rings. The van der Waals surface area contributed by atoms with Gasteiger partial charge in [-0.15, -0.1) is 0 Å². The summed E-state index contributed by atoms with van der Waals surface area (Å²) in [5.74, 6) is -0.676. The molecule has 0 saturated heterocycles. The quantitative estimate of drug-likeness (QED) is 0.365. The predicted molar refractivity (Wildman–Crippen MR) is 140 cm³/mol. The maximum Gasteiger partial charge on any atom is 0.290 e. The Labute approximate surface area is 218 Å². The maximum atomic E-state index is 13.7. The van der Waals surface area contributed by atoms with Gasteiger partial charge >= 0.3 is 0 Å². The minimum atomic E-state index is -0.827. The number of aliphatic hydroxyl groups excluding tert-OH is 1. The summed E-state index contributed by atoms with van der Waals surface area (Å²) in [7, 11) is 5.31. The van der Waals surface area contributed by atoms with Crippen molar-refractivity contribution in [3.63, 3.8) is 0 Å². The number of nitrogens with zero attached hydrogens (tertiary/aromatic N) is 2. The van der Waals surface area contributed by atoms with E-state index in [0.29, 0.717) is 35.7 Å². The fourth-order valence-electron chi connectivity index (χ4n) is 4.23. The molecule has 9 heteroatoms. The number of methoxy groups -OCH3 is 1. The van der Waals surface area contributed by atoms with Crippen molar-refractivity contribution in [2.45, 2.75) is 26.0 Å². The lowest BCUT2D eigenvalue weighted by Crippen LogP contribution is -2.36. The van der Waals surface area contributed by atoms with Crippen LogP contribution in [0.5, 0.6) is 11.5 Å². The molecule has 1 unspecified atom stereocenters. The Morgan fingerprint density at radius 3 is 2.58 bits per heavy atom. The minimum Gasteiger partial charge on any atom is -0.503 e. The van der Waals surface area contributed by atoms with Crippen LogP contribution >= 0.6 is 15.9 Å². The molecule has 0 bridgehead atoms. The van der Waals surface area contributed by atoms with E-state index in [1.165, 1.54) is 12.0 Å². The lowest BCUT2D eigenvalue weighted by molar-refractivity contribution is -0.129. The number of rotatable bonds is 9. The number of hydrogen-bond donors (Lipinski definition) is 1. The van der Waals surface area contributed by atoms with Crippen LogP contribution in [-0.2, 0) is 4.79 Å². The summed E-state index contributed by atoms with van der Waals surface area (Å²) < 4.78 is 18.0. The van der Waals surface area contributed by atoms with Crippen LogP contribution in [0.3, 0.4) is 0 Å². The number of carbonyl (C=O) groups excluding carboxylic acids is 2. The van der Waals surface area contributed by atoms with Crippen LogP contribution in [0.4, 0.5) is 0 Å². The summed E-state index contributed by atoms with van der Waals surface area (Å²) in [5.41, 5.74) is 1.11. The first-order valence-corrected chi connectivity index (χ1v) is 12.4. The van der Waals surface area contributed by atoms with Crippen LogP contribution in [0, 0.1) is 0 Å². The minimum absolute atomic E-state index is 0.0311. The molecule has 190 valence electrons. The van der Waals surface area contributed by atoms with E-state index < -0.39 is 23.5 Å². The molecule has 1 amide bonds. The molecule has 1 atom stereocenters. The number of carbonyl (C=O) groups is 2. The molecule has 0 radical (unpaired) electrons. The van der Waals surface area contributed by atoms with Crippen LogP contribution in [0.25, 0.3) is 11.0 Å². The number of fused-ring (bicyclic) bond motifs is 1. The van der Waals surface area contributed by atoms with E-state index in [4.69, 9.17) is 13.9 Å². The van der Waals surface area contributed by atoms with Crippen molar-refractivity contribution in [3.05, 3.63) is 69.6 Å². The zero-order chi connectivity index (χ0) is 26.1. The average Bonchev–Trinajstić information content (AvgIpc) is 3.35.